The van der Waals surface area contributed by atoms with Crippen molar-refractivity contribution in [1.82, 2.24) is 10.2 Å². The summed E-state index contributed by atoms with van der Waals surface area (Å²) in [4.78, 5) is 2.13. The lowest BCUT2D eigenvalue weighted by Gasteiger charge is -2.28. The molecule has 0 bridgehead atoms. The lowest BCUT2D eigenvalue weighted by molar-refractivity contribution is 0.0576. The Bertz CT molecular complexity index is 352. The van der Waals surface area contributed by atoms with Crippen molar-refractivity contribution in [2.75, 3.05) is 31.7 Å². The van der Waals surface area contributed by atoms with E-state index in [2.05, 4.69) is 15.1 Å². The van der Waals surface area contributed by atoms with Crippen molar-refractivity contribution in [1.29, 1.82) is 0 Å². The Morgan fingerprint density at radius 1 is 1.59 bits per heavy atom. The predicted molar refractivity (Wildman–Crippen MR) is 66.7 cm³/mol. The van der Waals surface area contributed by atoms with Gasteiger partial charge in [-0.25, -0.2) is 0 Å². The highest BCUT2D eigenvalue weighted by molar-refractivity contribution is 5.44. The summed E-state index contributed by atoms with van der Waals surface area (Å²) in [5.74, 6) is 1.47. The maximum absolute atomic E-state index is 5.70. The smallest absolute Gasteiger partial charge is 0.155 e. The van der Waals surface area contributed by atoms with Crippen molar-refractivity contribution in [3.63, 3.8) is 0 Å². The molecule has 2 rings (SSSR count). The molecule has 5 heteroatoms. The van der Waals surface area contributed by atoms with E-state index in [9.17, 15) is 0 Å². The zero-order valence-electron chi connectivity index (χ0n) is 10.3. The highest BCUT2D eigenvalue weighted by Gasteiger charge is 2.18. The van der Waals surface area contributed by atoms with Crippen LogP contribution in [0.15, 0.2) is 12.3 Å². The van der Waals surface area contributed by atoms with E-state index in [4.69, 9.17) is 10.5 Å². The van der Waals surface area contributed by atoms with E-state index < -0.39 is 0 Å². The van der Waals surface area contributed by atoms with Crippen LogP contribution in [0.3, 0.4) is 0 Å². The van der Waals surface area contributed by atoms with E-state index in [0.29, 0.717) is 12.5 Å². The van der Waals surface area contributed by atoms with Crippen LogP contribution in [0.2, 0.25) is 0 Å². The molecule has 1 aliphatic heterocycles. The van der Waals surface area contributed by atoms with Crippen LogP contribution in [0.5, 0.6) is 0 Å². The second-order valence-corrected chi connectivity index (χ2v) is 4.55. The van der Waals surface area contributed by atoms with E-state index in [1.54, 1.807) is 6.20 Å². The highest BCUT2D eigenvalue weighted by atomic mass is 16.5. The number of rotatable bonds is 4. The molecule has 0 aliphatic carbocycles. The summed E-state index contributed by atoms with van der Waals surface area (Å²) in [5, 5.41) is 8.10. The van der Waals surface area contributed by atoms with Crippen LogP contribution in [-0.4, -0.2) is 37.0 Å². The Morgan fingerprint density at radius 3 is 3.18 bits per heavy atom. The number of nitrogens with two attached hydrogens (primary N) is 1. The van der Waals surface area contributed by atoms with Crippen molar-refractivity contribution in [2.45, 2.75) is 19.4 Å². The van der Waals surface area contributed by atoms with Crippen LogP contribution < -0.4 is 10.6 Å². The summed E-state index contributed by atoms with van der Waals surface area (Å²) in [6, 6.07) is 1.93. The molecule has 1 unspecified atom stereocenters. The molecular weight excluding hydrogens is 216 g/mol. The first-order chi connectivity index (χ1) is 8.31. The third-order valence-electron chi connectivity index (χ3n) is 3.15. The van der Waals surface area contributed by atoms with Crippen molar-refractivity contribution >= 4 is 5.82 Å². The van der Waals surface area contributed by atoms with Crippen LogP contribution in [0.4, 0.5) is 5.82 Å². The second-order valence-electron chi connectivity index (χ2n) is 4.55. The Morgan fingerprint density at radius 2 is 2.47 bits per heavy atom. The molecule has 0 saturated carbocycles. The molecule has 0 amide bonds. The van der Waals surface area contributed by atoms with E-state index in [1.165, 1.54) is 6.42 Å². The molecule has 1 aromatic heterocycles. The van der Waals surface area contributed by atoms with Crippen LogP contribution in [-0.2, 0) is 11.3 Å². The summed E-state index contributed by atoms with van der Waals surface area (Å²) >= 11 is 0. The van der Waals surface area contributed by atoms with Gasteiger partial charge in [0.05, 0.1) is 12.8 Å². The fourth-order valence-electron chi connectivity index (χ4n) is 2.26. The highest BCUT2D eigenvalue weighted by Crippen LogP contribution is 2.19. The minimum absolute atomic E-state index is 0.496. The first-order valence-electron chi connectivity index (χ1n) is 6.10. The molecule has 1 atom stereocenters. The number of ether oxygens (including phenoxy) is 1. The minimum atomic E-state index is 0.496. The van der Waals surface area contributed by atoms with Gasteiger partial charge in [-0.3, -0.25) is 0 Å². The van der Waals surface area contributed by atoms with Crippen LogP contribution in [0, 0.1) is 5.92 Å². The van der Waals surface area contributed by atoms with Gasteiger partial charge in [0.2, 0.25) is 0 Å². The average molecular weight is 236 g/mol. The summed E-state index contributed by atoms with van der Waals surface area (Å²) in [6.07, 6.45) is 4.06. The Kier molecular flexibility index (Phi) is 4.28. The van der Waals surface area contributed by atoms with Gasteiger partial charge in [-0.2, -0.15) is 5.10 Å². The standard InChI is InChI=1S/C12H20N4O/c1-16(8-10-3-2-6-17-9-10)12-11(7-13)4-5-14-15-12/h4-5,10H,2-3,6-9,13H2,1H3. The summed E-state index contributed by atoms with van der Waals surface area (Å²) in [5.41, 5.74) is 6.74. The number of aromatic nitrogens is 2. The zero-order chi connectivity index (χ0) is 12.1. The van der Waals surface area contributed by atoms with Crippen LogP contribution in [0.25, 0.3) is 0 Å². The van der Waals surface area contributed by atoms with Gasteiger partial charge in [-0.05, 0) is 24.8 Å². The van der Waals surface area contributed by atoms with Crippen LogP contribution in [0.1, 0.15) is 18.4 Å². The topological polar surface area (TPSA) is 64.3 Å². The Hall–Kier alpha value is -1.20. The van der Waals surface area contributed by atoms with Gasteiger partial charge < -0.3 is 15.4 Å². The van der Waals surface area contributed by atoms with Crippen LogP contribution >= 0.6 is 0 Å². The second kappa shape index (κ2) is 5.93. The molecule has 5 nitrogen and oxygen atoms in total. The molecule has 1 aliphatic rings. The Balaban J connectivity index is 2.00. The minimum Gasteiger partial charge on any atom is -0.381 e. The molecule has 2 N–H and O–H groups in total. The van der Waals surface area contributed by atoms with Gasteiger partial charge in [0.1, 0.15) is 0 Å². The molecule has 1 saturated heterocycles. The van der Waals surface area contributed by atoms with E-state index in [0.717, 1.165) is 37.6 Å². The lowest BCUT2D eigenvalue weighted by atomic mass is 10.0. The molecule has 17 heavy (non-hydrogen) atoms. The van der Waals surface area contributed by atoms with E-state index in [1.807, 2.05) is 13.1 Å². The third kappa shape index (κ3) is 3.14. The van der Waals surface area contributed by atoms with Crippen molar-refractivity contribution in [3.05, 3.63) is 17.8 Å². The van der Waals surface area contributed by atoms with Gasteiger partial charge in [-0.1, -0.05) is 0 Å². The first kappa shape index (κ1) is 12.3. The van der Waals surface area contributed by atoms with Crippen molar-refractivity contribution in [3.8, 4) is 0 Å². The molecule has 2 heterocycles. The lowest BCUT2D eigenvalue weighted by Crippen LogP contribution is -2.32. The first-order valence-corrected chi connectivity index (χ1v) is 6.10. The predicted octanol–water partition coefficient (Wildman–Crippen LogP) is 0.798. The number of hydrogen-bond donors (Lipinski definition) is 1. The molecule has 1 aromatic rings. The fraction of sp³-hybridized carbons (Fsp3) is 0.667. The SMILES string of the molecule is CN(CC1CCCOC1)c1nnccc1CN. The third-order valence-corrected chi connectivity index (χ3v) is 3.15. The molecule has 0 aromatic carbocycles. The molecule has 1 fully saturated rings. The normalized spacial score (nSPS) is 20.2. The number of anilines is 1. The van der Waals surface area contributed by atoms with Gasteiger partial charge in [-0.15, -0.1) is 5.10 Å². The number of hydrogen-bond acceptors (Lipinski definition) is 5. The Labute approximate surface area is 102 Å². The maximum Gasteiger partial charge on any atom is 0.155 e. The molecule has 0 spiro atoms. The maximum atomic E-state index is 5.70. The quantitative estimate of drug-likeness (QED) is 0.837. The van der Waals surface area contributed by atoms with Gasteiger partial charge in [0.15, 0.2) is 5.82 Å². The van der Waals surface area contributed by atoms with Gasteiger partial charge in [0, 0.05) is 32.3 Å². The summed E-state index contributed by atoms with van der Waals surface area (Å²) < 4.78 is 5.49. The average Bonchev–Trinajstić information content (AvgIpc) is 2.40. The molecule has 94 valence electrons. The number of nitrogens with zero attached hydrogens (tertiary/aromatic N) is 3. The fourth-order valence-corrected chi connectivity index (χ4v) is 2.26. The molecule has 0 radical (unpaired) electrons. The molecular formula is C12H20N4O. The summed E-state index contributed by atoms with van der Waals surface area (Å²) in [6.45, 7) is 3.20. The zero-order valence-corrected chi connectivity index (χ0v) is 10.3. The van der Waals surface area contributed by atoms with Crippen molar-refractivity contribution < 1.29 is 4.74 Å². The van der Waals surface area contributed by atoms with Gasteiger partial charge in [0.25, 0.3) is 0 Å². The van der Waals surface area contributed by atoms with Crippen molar-refractivity contribution in [2.24, 2.45) is 11.7 Å². The largest absolute Gasteiger partial charge is 0.381 e. The summed E-state index contributed by atoms with van der Waals surface area (Å²) in [7, 11) is 2.04. The monoisotopic (exact) mass is 236 g/mol. The van der Waals surface area contributed by atoms with Gasteiger partial charge >= 0.3 is 0 Å². The van der Waals surface area contributed by atoms with E-state index in [-0.39, 0.29) is 0 Å². The van der Waals surface area contributed by atoms with E-state index >= 15 is 0 Å².